The standard InChI is InChI=1S/C16H11ClN4O3/c17-13-6-4-11(5-7-13)15(22)9-20-10-18-16(19-20)12-2-1-3-14(8-12)21(23)24/h1-8,10H,9H2. The average Bonchev–Trinajstić information content (AvgIpc) is 3.04. The van der Waals surface area contributed by atoms with Crippen molar-refractivity contribution in [2.24, 2.45) is 0 Å². The summed E-state index contributed by atoms with van der Waals surface area (Å²) in [5.41, 5.74) is 0.995. The first kappa shape index (κ1) is 15.8. The third-order valence-electron chi connectivity index (χ3n) is 3.32. The van der Waals surface area contributed by atoms with Crippen LogP contribution in [0.2, 0.25) is 5.02 Å². The maximum absolute atomic E-state index is 12.2. The number of ketones is 1. The van der Waals surface area contributed by atoms with E-state index in [1.807, 2.05) is 0 Å². The number of carbonyl (C=O) groups is 1. The van der Waals surface area contributed by atoms with Gasteiger partial charge in [-0.3, -0.25) is 14.9 Å². The fourth-order valence-electron chi connectivity index (χ4n) is 2.14. The molecule has 0 radical (unpaired) electrons. The Morgan fingerprint density at radius 1 is 1.21 bits per heavy atom. The minimum absolute atomic E-state index is 0.0174. The molecule has 3 aromatic rings. The van der Waals surface area contributed by atoms with Crippen LogP contribution < -0.4 is 0 Å². The van der Waals surface area contributed by atoms with Crippen LogP contribution in [-0.2, 0) is 6.54 Å². The first-order valence-corrected chi connectivity index (χ1v) is 7.34. The van der Waals surface area contributed by atoms with Crippen LogP contribution in [0.4, 0.5) is 5.69 Å². The van der Waals surface area contributed by atoms with Gasteiger partial charge in [0.15, 0.2) is 11.6 Å². The fourth-order valence-corrected chi connectivity index (χ4v) is 2.26. The lowest BCUT2D eigenvalue weighted by molar-refractivity contribution is -0.384. The van der Waals surface area contributed by atoms with Crippen LogP contribution in [0.5, 0.6) is 0 Å². The quantitative estimate of drug-likeness (QED) is 0.402. The molecule has 0 aliphatic rings. The van der Waals surface area contributed by atoms with Crippen molar-refractivity contribution in [2.45, 2.75) is 6.54 Å². The molecule has 2 aromatic carbocycles. The Morgan fingerprint density at radius 3 is 2.67 bits per heavy atom. The molecule has 0 saturated carbocycles. The van der Waals surface area contributed by atoms with E-state index in [9.17, 15) is 14.9 Å². The predicted molar refractivity (Wildman–Crippen MR) is 87.9 cm³/mol. The van der Waals surface area contributed by atoms with Gasteiger partial charge in [0.1, 0.15) is 12.9 Å². The van der Waals surface area contributed by atoms with Crippen molar-refractivity contribution in [3.05, 3.63) is 75.6 Å². The van der Waals surface area contributed by atoms with Crippen molar-refractivity contribution in [2.75, 3.05) is 0 Å². The normalized spacial score (nSPS) is 10.5. The van der Waals surface area contributed by atoms with Crippen LogP contribution in [0.3, 0.4) is 0 Å². The van der Waals surface area contributed by atoms with Gasteiger partial charge in [-0.05, 0) is 24.3 Å². The van der Waals surface area contributed by atoms with E-state index < -0.39 is 4.92 Å². The first-order chi connectivity index (χ1) is 11.5. The molecule has 1 aromatic heterocycles. The molecule has 0 atom stereocenters. The highest BCUT2D eigenvalue weighted by atomic mass is 35.5. The molecule has 7 nitrogen and oxygen atoms in total. The van der Waals surface area contributed by atoms with E-state index in [0.717, 1.165) is 0 Å². The summed E-state index contributed by atoms with van der Waals surface area (Å²) in [5.74, 6) is 0.185. The van der Waals surface area contributed by atoms with Crippen LogP contribution in [0.1, 0.15) is 10.4 Å². The lowest BCUT2D eigenvalue weighted by Crippen LogP contribution is -2.10. The molecule has 3 rings (SSSR count). The maximum Gasteiger partial charge on any atom is 0.270 e. The van der Waals surface area contributed by atoms with E-state index >= 15 is 0 Å². The molecule has 120 valence electrons. The number of aromatic nitrogens is 3. The van der Waals surface area contributed by atoms with E-state index in [4.69, 9.17) is 11.6 Å². The number of hydrogen-bond acceptors (Lipinski definition) is 5. The number of non-ortho nitro benzene ring substituents is 1. The highest BCUT2D eigenvalue weighted by molar-refractivity contribution is 6.30. The highest BCUT2D eigenvalue weighted by Crippen LogP contribution is 2.20. The highest BCUT2D eigenvalue weighted by Gasteiger charge is 2.12. The molecule has 0 spiro atoms. The summed E-state index contributed by atoms with van der Waals surface area (Å²) in [5, 5.41) is 15.6. The van der Waals surface area contributed by atoms with Crippen molar-refractivity contribution in [1.29, 1.82) is 0 Å². The van der Waals surface area contributed by atoms with Gasteiger partial charge in [0.2, 0.25) is 0 Å². The van der Waals surface area contributed by atoms with Crippen molar-refractivity contribution in [3.63, 3.8) is 0 Å². The van der Waals surface area contributed by atoms with Gasteiger partial charge in [-0.2, -0.15) is 5.10 Å². The molecule has 0 N–H and O–H groups in total. The van der Waals surface area contributed by atoms with Crippen molar-refractivity contribution < 1.29 is 9.72 Å². The van der Waals surface area contributed by atoms with Gasteiger partial charge < -0.3 is 0 Å². The maximum atomic E-state index is 12.2. The Hall–Kier alpha value is -3.06. The van der Waals surface area contributed by atoms with Crippen molar-refractivity contribution >= 4 is 23.1 Å². The van der Waals surface area contributed by atoms with Crippen molar-refractivity contribution in [3.8, 4) is 11.4 Å². The SMILES string of the molecule is O=C(Cn1cnc(-c2cccc([N+](=O)[O-])c2)n1)c1ccc(Cl)cc1. The number of rotatable bonds is 5. The molecule has 0 amide bonds. The Morgan fingerprint density at radius 2 is 1.96 bits per heavy atom. The van der Waals surface area contributed by atoms with Gasteiger partial charge in [-0.1, -0.05) is 23.7 Å². The van der Waals surface area contributed by atoms with Crippen LogP contribution in [-0.4, -0.2) is 25.5 Å². The van der Waals surface area contributed by atoms with Gasteiger partial charge in [0.05, 0.1) is 4.92 Å². The molecule has 0 unspecified atom stereocenters. The number of nitrogens with zero attached hydrogens (tertiary/aromatic N) is 4. The second-order valence-electron chi connectivity index (χ2n) is 5.00. The summed E-state index contributed by atoms with van der Waals surface area (Å²) in [6, 6.07) is 12.6. The van der Waals surface area contributed by atoms with E-state index in [1.165, 1.54) is 23.1 Å². The number of benzene rings is 2. The number of carbonyl (C=O) groups excluding carboxylic acids is 1. The monoisotopic (exact) mass is 342 g/mol. The van der Waals surface area contributed by atoms with Gasteiger partial charge in [0, 0.05) is 28.3 Å². The molecule has 0 saturated heterocycles. The summed E-state index contributed by atoms with van der Waals surface area (Å²) in [7, 11) is 0. The number of hydrogen-bond donors (Lipinski definition) is 0. The van der Waals surface area contributed by atoms with E-state index in [2.05, 4.69) is 10.1 Å². The Kier molecular flexibility index (Phi) is 4.35. The Bertz CT molecular complexity index is 906. The molecule has 0 aliphatic carbocycles. The van der Waals surface area contributed by atoms with Crippen LogP contribution in [0.15, 0.2) is 54.9 Å². The first-order valence-electron chi connectivity index (χ1n) is 6.96. The van der Waals surface area contributed by atoms with Gasteiger partial charge >= 0.3 is 0 Å². The van der Waals surface area contributed by atoms with Crippen LogP contribution in [0.25, 0.3) is 11.4 Å². The fraction of sp³-hybridized carbons (Fsp3) is 0.0625. The summed E-state index contributed by atoms with van der Waals surface area (Å²) in [6.07, 6.45) is 1.42. The predicted octanol–water partition coefficient (Wildman–Crippen LogP) is 3.39. The third-order valence-corrected chi connectivity index (χ3v) is 3.58. The summed E-state index contributed by atoms with van der Waals surface area (Å²) < 4.78 is 1.39. The molecule has 0 bridgehead atoms. The van der Waals surface area contributed by atoms with E-state index in [0.29, 0.717) is 22.0 Å². The Balaban J connectivity index is 1.78. The summed E-state index contributed by atoms with van der Waals surface area (Å²) in [6.45, 7) is 0.0174. The van der Waals surface area contributed by atoms with Crippen LogP contribution in [0, 0.1) is 10.1 Å². The van der Waals surface area contributed by atoms with Gasteiger partial charge in [-0.25, -0.2) is 9.67 Å². The molecule has 0 aliphatic heterocycles. The lowest BCUT2D eigenvalue weighted by atomic mass is 10.1. The minimum atomic E-state index is -0.482. The van der Waals surface area contributed by atoms with Gasteiger partial charge in [-0.15, -0.1) is 0 Å². The Labute approximate surface area is 141 Å². The number of halogens is 1. The van der Waals surface area contributed by atoms with Crippen LogP contribution >= 0.6 is 11.6 Å². The largest absolute Gasteiger partial charge is 0.292 e. The van der Waals surface area contributed by atoms with Crippen molar-refractivity contribution in [1.82, 2.24) is 14.8 Å². The summed E-state index contributed by atoms with van der Waals surface area (Å²) in [4.78, 5) is 26.6. The average molecular weight is 343 g/mol. The van der Waals surface area contributed by atoms with Gasteiger partial charge in [0.25, 0.3) is 5.69 Å². The molecular weight excluding hydrogens is 332 g/mol. The zero-order valence-electron chi connectivity index (χ0n) is 12.3. The number of nitro groups is 1. The molecule has 24 heavy (non-hydrogen) atoms. The second kappa shape index (κ2) is 6.59. The molecule has 8 heteroatoms. The molecular formula is C16H11ClN4O3. The smallest absolute Gasteiger partial charge is 0.270 e. The molecule has 0 fully saturated rings. The second-order valence-corrected chi connectivity index (χ2v) is 5.44. The minimum Gasteiger partial charge on any atom is -0.292 e. The van der Waals surface area contributed by atoms with E-state index in [1.54, 1.807) is 36.4 Å². The topological polar surface area (TPSA) is 90.9 Å². The molecule has 1 heterocycles. The van der Waals surface area contributed by atoms with E-state index in [-0.39, 0.29) is 18.0 Å². The lowest BCUT2D eigenvalue weighted by Gasteiger charge is -2.01. The summed E-state index contributed by atoms with van der Waals surface area (Å²) >= 11 is 5.80. The number of nitro benzene ring substituents is 1. The third kappa shape index (κ3) is 3.47. The zero-order chi connectivity index (χ0) is 17.1. The number of Topliss-reactive ketones (excluding diaryl/α,β-unsaturated/α-hetero) is 1. The zero-order valence-corrected chi connectivity index (χ0v) is 13.1.